The molecule has 1 saturated carbocycles. The third-order valence-electron chi connectivity index (χ3n) is 5.67. The van der Waals surface area contributed by atoms with E-state index in [4.69, 9.17) is 12.2 Å². The monoisotopic (exact) mass is 413 g/mol. The van der Waals surface area contributed by atoms with Gasteiger partial charge in [0.1, 0.15) is 5.82 Å². The predicted molar refractivity (Wildman–Crippen MR) is 122 cm³/mol. The van der Waals surface area contributed by atoms with E-state index >= 15 is 0 Å². The third kappa shape index (κ3) is 5.26. The molecule has 0 spiro atoms. The molecule has 0 aromatic heterocycles. The number of aliphatic imine (C=N–C) groups is 1. The number of hydrogen-bond donors (Lipinski definition) is 5. The summed E-state index contributed by atoms with van der Waals surface area (Å²) < 4.78 is 0. The molecule has 1 fully saturated rings. The lowest BCUT2D eigenvalue weighted by Crippen LogP contribution is -2.45. The molecule has 3 aliphatic heterocycles. The van der Waals surface area contributed by atoms with Crippen LogP contribution in [0.25, 0.3) is 0 Å². The lowest BCUT2D eigenvalue weighted by Gasteiger charge is -2.27. The van der Waals surface area contributed by atoms with Crippen molar-refractivity contribution >= 4 is 23.5 Å². The van der Waals surface area contributed by atoms with Crippen LogP contribution in [0.15, 0.2) is 52.1 Å². The van der Waals surface area contributed by atoms with Crippen molar-refractivity contribution < 1.29 is 0 Å². The summed E-state index contributed by atoms with van der Waals surface area (Å²) >= 11 is 5.49. The molecule has 0 aromatic carbocycles. The summed E-state index contributed by atoms with van der Waals surface area (Å²) in [5.74, 6) is 0.911. The number of thiocarbonyl (C=S) groups is 1. The number of dihydropyridines is 2. The van der Waals surface area contributed by atoms with E-state index in [-0.39, 0.29) is 6.04 Å². The van der Waals surface area contributed by atoms with Crippen molar-refractivity contribution in [1.82, 2.24) is 31.7 Å². The first kappa shape index (κ1) is 20.1. The maximum Gasteiger partial charge on any atom is 0.172 e. The van der Waals surface area contributed by atoms with Crippen molar-refractivity contribution in [2.75, 3.05) is 26.7 Å². The number of hydrogen-bond acceptors (Lipinski definition) is 6. The van der Waals surface area contributed by atoms with Crippen LogP contribution in [0.4, 0.5) is 0 Å². The van der Waals surface area contributed by atoms with Crippen molar-refractivity contribution in [3.63, 3.8) is 0 Å². The number of hydrazine groups is 1. The maximum absolute atomic E-state index is 5.49. The number of nitrogens with zero attached hydrogens (tertiary/aromatic N) is 2. The standard InChI is InChI=1S/C21H31N7S/c1-22-9-4-10-28-14-16(13-24-28)15-11-19-18(23-12-15)7-8-20(26-19)27-21(29)25-17-5-2-3-6-17/h7-8,11-12,14,17,19,22,24,26H,2-6,9-10,13H2,1H3,(H2,25,27,29). The minimum absolute atomic E-state index is 0.0519. The van der Waals surface area contributed by atoms with E-state index in [2.05, 4.69) is 55.0 Å². The van der Waals surface area contributed by atoms with Crippen LogP contribution in [0.5, 0.6) is 0 Å². The van der Waals surface area contributed by atoms with Gasteiger partial charge in [-0.3, -0.25) is 4.99 Å². The highest BCUT2D eigenvalue weighted by atomic mass is 32.1. The first-order chi connectivity index (χ1) is 14.2. The molecule has 1 atom stereocenters. The first-order valence-electron chi connectivity index (χ1n) is 10.6. The van der Waals surface area contributed by atoms with Gasteiger partial charge in [0.05, 0.1) is 11.7 Å². The zero-order chi connectivity index (χ0) is 20.1. The number of rotatable bonds is 7. The second-order valence-corrected chi connectivity index (χ2v) is 8.30. The Bertz CT molecular complexity index is 774. The van der Waals surface area contributed by atoms with Gasteiger partial charge in [0.2, 0.25) is 0 Å². The van der Waals surface area contributed by atoms with Gasteiger partial charge in [0, 0.05) is 31.5 Å². The fraction of sp³-hybridized carbons (Fsp3) is 0.524. The van der Waals surface area contributed by atoms with Gasteiger partial charge >= 0.3 is 0 Å². The van der Waals surface area contributed by atoms with E-state index in [9.17, 15) is 0 Å². The van der Waals surface area contributed by atoms with Gasteiger partial charge in [0.25, 0.3) is 0 Å². The van der Waals surface area contributed by atoms with Crippen molar-refractivity contribution in [1.29, 1.82) is 0 Å². The van der Waals surface area contributed by atoms with Crippen LogP contribution in [0.1, 0.15) is 32.1 Å². The molecule has 0 bridgehead atoms. The highest BCUT2D eigenvalue weighted by Gasteiger charge is 2.23. The maximum atomic E-state index is 5.49. The van der Waals surface area contributed by atoms with Gasteiger partial charge in [-0.15, -0.1) is 0 Å². The second-order valence-electron chi connectivity index (χ2n) is 7.89. The average Bonchev–Trinajstić information content (AvgIpc) is 3.40. The summed E-state index contributed by atoms with van der Waals surface area (Å²) in [6.45, 7) is 2.84. The Hall–Kier alpha value is -2.16. The second kappa shape index (κ2) is 9.56. The van der Waals surface area contributed by atoms with Gasteiger partial charge in [-0.2, -0.15) is 0 Å². The molecule has 5 N–H and O–H groups in total. The van der Waals surface area contributed by atoms with Crippen molar-refractivity contribution in [2.24, 2.45) is 4.99 Å². The van der Waals surface area contributed by atoms with E-state index in [0.717, 1.165) is 43.1 Å². The van der Waals surface area contributed by atoms with Gasteiger partial charge in [0.15, 0.2) is 5.11 Å². The summed E-state index contributed by atoms with van der Waals surface area (Å²) in [6.07, 6.45) is 16.6. The zero-order valence-corrected chi connectivity index (χ0v) is 17.8. The van der Waals surface area contributed by atoms with Gasteiger partial charge in [-0.05, 0) is 74.4 Å². The van der Waals surface area contributed by atoms with E-state index in [0.29, 0.717) is 11.2 Å². The average molecular weight is 414 g/mol. The molecule has 0 radical (unpaired) electrons. The zero-order valence-electron chi connectivity index (χ0n) is 17.0. The summed E-state index contributed by atoms with van der Waals surface area (Å²) in [5, 5.41) is 16.3. The van der Waals surface area contributed by atoms with Crippen LogP contribution < -0.4 is 26.7 Å². The van der Waals surface area contributed by atoms with Crippen LogP contribution >= 0.6 is 12.2 Å². The van der Waals surface area contributed by atoms with Gasteiger partial charge < -0.3 is 26.3 Å². The smallest absolute Gasteiger partial charge is 0.172 e. The first-order valence-corrected chi connectivity index (χ1v) is 11.0. The van der Waals surface area contributed by atoms with Crippen LogP contribution in [-0.2, 0) is 0 Å². The Kier molecular flexibility index (Phi) is 6.63. The molecule has 156 valence electrons. The number of nitrogens with one attached hydrogen (secondary N) is 5. The summed E-state index contributed by atoms with van der Waals surface area (Å²) in [7, 11) is 1.99. The number of allylic oxidation sites excluding steroid dienone is 2. The SMILES string of the molecule is CNCCCN1C=C(C2=CC3NC(NC(=S)NC4CCCC4)=CC=C3N=C2)CN1. The molecule has 1 aliphatic carbocycles. The van der Waals surface area contributed by atoms with Gasteiger partial charge in [-0.1, -0.05) is 12.8 Å². The third-order valence-corrected chi connectivity index (χ3v) is 5.89. The minimum Gasteiger partial charge on any atom is -0.360 e. The Labute approximate surface area is 178 Å². The molecule has 3 heterocycles. The molecule has 0 aromatic rings. The molecule has 1 unspecified atom stereocenters. The van der Waals surface area contributed by atoms with Crippen molar-refractivity contribution in [2.45, 2.75) is 44.2 Å². The van der Waals surface area contributed by atoms with E-state index in [1.54, 1.807) is 0 Å². The van der Waals surface area contributed by atoms with E-state index in [1.165, 1.54) is 31.3 Å². The number of fused-ring (bicyclic) bond motifs is 1. The fourth-order valence-corrected chi connectivity index (χ4v) is 4.35. The normalized spacial score (nSPS) is 23.6. The predicted octanol–water partition coefficient (Wildman–Crippen LogP) is 1.41. The molecular formula is C21H31N7S. The summed E-state index contributed by atoms with van der Waals surface area (Å²) in [6, 6.07) is 0.560. The molecular weight excluding hydrogens is 382 g/mol. The van der Waals surface area contributed by atoms with Crippen molar-refractivity contribution in [3.05, 3.63) is 47.1 Å². The summed E-state index contributed by atoms with van der Waals surface area (Å²) in [5.41, 5.74) is 6.88. The molecule has 4 rings (SSSR count). The van der Waals surface area contributed by atoms with Crippen LogP contribution in [0, 0.1) is 0 Å². The van der Waals surface area contributed by atoms with Crippen LogP contribution in [0.2, 0.25) is 0 Å². The topological polar surface area (TPSA) is 75.8 Å². The van der Waals surface area contributed by atoms with Crippen LogP contribution in [-0.4, -0.2) is 55.1 Å². The molecule has 29 heavy (non-hydrogen) atoms. The van der Waals surface area contributed by atoms with Crippen molar-refractivity contribution in [3.8, 4) is 0 Å². The Morgan fingerprint density at radius 2 is 2.17 bits per heavy atom. The Balaban J connectivity index is 1.33. The van der Waals surface area contributed by atoms with Crippen LogP contribution in [0.3, 0.4) is 0 Å². The minimum atomic E-state index is 0.0519. The molecule has 0 saturated heterocycles. The summed E-state index contributed by atoms with van der Waals surface area (Å²) in [4.78, 5) is 4.66. The lowest BCUT2D eigenvalue weighted by atomic mass is 10.00. The van der Waals surface area contributed by atoms with E-state index < -0.39 is 0 Å². The highest BCUT2D eigenvalue weighted by molar-refractivity contribution is 7.80. The van der Waals surface area contributed by atoms with E-state index in [1.807, 2.05) is 19.3 Å². The fourth-order valence-electron chi connectivity index (χ4n) is 4.07. The molecule has 4 aliphatic rings. The van der Waals surface area contributed by atoms with Gasteiger partial charge in [-0.25, -0.2) is 5.43 Å². The lowest BCUT2D eigenvalue weighted by molar-refractivity contribution is 0.301. The Morgan fingerprint density at radius 3 is 3.00 bits per heavy atom. The largest absolute Gasteiger partial charge is 0.360 e. The molecule has 0 amide bonds. The quantitative estimate of drug-likeness (QED) is 0.319. The molecule has 7 nitrogen and oxygen atoms in total. The highest BCUT2D eigenvalue weighted by Crippen LogP contribution is 2.23. The molecule has 8 heteroatoms. The Morgan fingerprint density at radius 1 is 1.31 bits per heavy atom.